The summed E-state index contributed by atoms with van der Waals surface area (Å²) in [5.41, 5.74) is 4.12. The maximum absolute atomic E-state index is 9.18. The van der Waals surface area contributed by atoms with Gasteiger partial charge in [0.05, 0.1) is 6.61 Å². The number of aliphatic hydroxyl groups is 1. The van der Waals surface area contributed by atoms with E-state index in [1.165, 1.54) is 50.5 Å². The van der Waals surface area contributed by atoms with Crippen LogP contribution in [0.1, 0.15) is 68.1 Å². The summed E-state index contributed by atoms with van der Waals surface area (Å²) in [5, 5.41) is 9.18. The van der Waals surface area contributed by atoms with E-state index in [2.05, 4.69) is 25.1 Å². The molecule has 1 N–H and O–H groups in total. The van der Waals surface area contributed by atoms with Crippen molar-refractivity contribution in [3.8, 4) is 0 Å². The molecule has 1 aliphatic carbocycles. The van der Waals surface area contributed by atoms with Crippen LogP contribution in [0.3, 0.4) is 0 Å². The molecule has 1 nitrogen and oxygen atoms in total. The molecule has 1 unspecified atom stereocenters. The van der Waals surface area contributed by atoms with Gasteiger partial charge in [0.2, 0.25) is 0 Å². The van der Waals surface area contributed by atoms with Gasteiger partial charge in [-0.15, -0.1) is 0 Å². The van der Waals surface area contributed by atoms with Gasteiger partial charge in [0.25, 0.3) is 0 Å². The molecule has 1 aromatic carbocycles. The third kappa shape index (κ3) is 3.10. The van der Waals surface area contributed by atoms with E-state index in [0.717, 1.165) is 11.5 Å². The summed E-state index contributed by atoms with van der Waals surface area (Å²) in [7, 11) is 0. The van der Waals surface area contributed by atoms with Gasteiger partial charge in [-0.05, 0) is 48.3 Å². The maximum Gasteiger partial charge on any atom is 0.0681 e. The maximum atomic E-state index is 9.18. The van der Waals surface area contributed by atoms with E-state index < -0.39 is 0 Å². The van der Waals surface area contributed by atoms with Crippen LogP contribution < -0.4 is 0 Å². The lowest BCUT2D eigenvalue weighted by atomic mass is 9.79. The van der Waals surface area contributed by atoms with Crippen molar-refractivity contribution >= 4 is 0 Å². The van der Waals surface area contributed by atoms with Crippen molar-refractivity contribution < 1.29 is 5.11 Å². The van der Waals surface area contributed by atoms with Crippen LogP contribution in [0.2, 0.25) is 0 Å². The number of unbranched alkanes of at least 4 members (excludes halogenated alkanes) is 2. The fraction of sp³-hybridized carbons (Fsp3) is 0.625. The summed E-state index contributed by atoms with van der Waals surface area (Å²) in [6.45, 7) is 2.44. The molecule has 94 valence electrons. The van der Waals surface area contributed by atoms with Crippen molar-refractivity contribution in [1.82, 2.24) is 0 Å². The van der Waals surface area contributed by atoms with Gasteiger partial charge >= 0.3 is 0 Å². The highest BCUT2D eigenvalue weighted by Gasteiger charge is 2.19. The van der Waals surface area contributed by atoms with Gasteiger partial charge in [-0.3, -0.25) is 0 Å². The molecule has 0 amide bonds. The molecule has 17 heavy (non-hydrogen) atoms. The molecular formula is C16H24O. The zero-order valence-corrected chi connectivity index (χ0v) is 10.9. The summed E-state index contributed by atoms with van der Waals surface area (Å²) >= 11 is 0. The number of fused-ring (bicyclic) bond motifs is 1. The third-order valence-electron chi connectivity index (χ3n) is 3.98. The summed E-state index contributed by atoms with van der Waals surface area (Å²) in [5.74, 6) is 0.776. The molecule has 0 heterocycles. The summed E-state index contributed by atoms with van der Waals surface area (Å²) in [6.07, 6.45) is 9.26. The summed E-state index contributed by atoms with van der Waals surface area (Å²) in [6, 6.07) is 6.56. The first-order valence-corrected chi connectivity index (χ1v) is 7.07. The van der Waals surface area contributed by atoms with E-state index in [1.807, 2.05) is 0 Å². The van der Waals surface area contributed by atoms with Crippen molar-refractivity contribution in [2.24, 2.45) is 0 Å². The molecule has 0 spiro atoms. The number of rotatable bonds is 5. The van der Waals surface area contributed by atoms with Crippen LogP contribution in [0, 0.1) is 0 Å². The minimum Gasteiger partial charge on any atom is -0.392 e. The lowest BCUT2D eigenvalue weighted by Gasteiger charge is -2.26. The van der Waals surface area contributed by atoms with Crippen LogP contribution in [-0.4, -0.2) is 5.11 Å². The molecule has 1 aliphatic rings. The first-order valence-electron chi connectivity index (χ1n) is 7.07. The molecule has 0 fully saturated rings. The van der Waals surface area contributed by atoms with E-state index in [4.69, 9.17) is 0 Å². The standard InChI is InChI=1S/C16H24O/c1-2-3-4-6-14-7-5-8-15-11-13(12-17)9-10-16(14)15/h9-11,14,17H,2-8,12H2,1H3. The van der Waals surface area contributed by atoms with Gasteiger partial charge in [-0.1, -0.05) is 44.4 Å². The molecule has 1 aromatic rings. The van der Waals surface area contributed by atoms with E-state index >= 15 is 0 Å². The Morgan fingerprint density at radius 1 is 1.29 bits per heavy atom. The lowest BCUT2D eigenvalue weighted by molar-refractivity contribution is 0.281. The van der Waals surface area contributed by atoms with Gasteiger partial charge in [-0.25, -0.2) is 0 Å². The van der Waals surface area contributed by atoms with Gasteiger partial charge < -0.3 is 5.11 Å². The van der Waals surface area contributed by atoms with Crippen LogP contribution in [0.25, 0.3) is 0 Å². The van der Waals surface area contributed by atoms with Gasteiger partial charge in [0, 0.05) is 0 Å². The number of hydrogen-bond donors (Lipinski definition) is 1. The highest BCUT2D eigenvalue weighted by Crippen LogP contribution is 2.35. The normalized spacial score (nSPS) is 19.1. The van der Waals surface area contributed by atoms with Gasteiger partial charge in [0.1, 0.15) is 0 Å². The summed E-state index contributed by atoms with van der Waals surface area (Å²) < 4.78 is 0. The highest BCUT2D eigenvalue weighted by molar-refractivity contribution is 5.36. The fourth-order valence-electron chi connectivity index (χ4n) is 3.01. The molecule has 1 atom stereocenters. The fourth-order valence-corrected chi connectivity index (χ4v) is 3.01. The molecule has 2 rings (SSSR count). The van der Waals surface area contributed by atoms with Gasteiger partial charge in [0.15, 0.2) is 0 Å². The molecule has 1 heteroatoms. The van der Waals surface area contributed by atoms with Crippen LogP contribution in [0.4, 0.5) is 0 Å². The smallest absolute Gasteiger partial charge is 0.0681 e. The van der Waals surface area contributed by atoms with E-state index in [-0.39, 0.29) is 6.61 Å². The Morgan fingerprint density at radius 2 is 2.18 bits per heavy atom. The van der Waals surface area contributed by atoms with E-state index in [9.17, 15) is 5.11 Å². The molecular weight excluding hydrogens is 208 g/mol. The number of aryl methyl sites for hydroxylation is 1. The molecule has 0 aliphatic heterocycles. The molecule has 0 saturated heterocycles. The van der Waals surface area contributed by atoms with Crippen molar-refractivity contribution in [1.29, 1.82) is 0 Å². The Balaban J connectivity index is 2.08. The van der Waals surface area contributed by atoms with Crippen molar-refractivity contribution in [3.63, 3.8) is 0 Å². The monoisotopic (exact) mass is 232 g/mol. The Morgan fingerprint density at radius 3 is 2.94 bits per heavy atom. The minimum atomic E-state index is 0.174. The first kappa shape index (κ1) is 12.6. The largest absolute Gasteiger partial charge is 0.392 e. The van der Waals surface area contributed by atoms with Gasteiger partial charge in [-0.2, -0.15) is 0 Å². The Kier molecular flexibility index (Phi) is 4.61. The third-order valence-corrected chi connectivity index (χ3v) is 3.98. The number of aliphatic hydroxyl groups excluding tert-OH is 1. The predicted molar refractivity (Wildman–Crippen MR) is 72.2 cm³/mol. The first-order chi connectivity index (χ1) is 8.35. The lowest BCUT2D eigenvalue weighted by Crippen LogP contribution is -2.10. The Hall–Kier alpha value is -0.820. The molecule has 0 bridgehead atoms. The average molecular weight is 232 g/mol. The highest BCUT2D eigenvalue weighted by atomic mass is 16.3. The topological polar surface area (TPSA) is 20.2 Å². The van der Waals surface area contributed by atoms with Crippen LogP contribution in [0.5, 0.6) is 0 Å². The van der Waals surface area contributed by atoms with E-state index in [1.54, 1.807) is 5.56 Å². The average Bonchev–Trinajstić information content (AvgIpc) is 2.38. The van der Waals surface area contributed by atoms with Crippen LogP contribution >= 0.6 is 0 Å². The quantitative estimate of drug-likeness (QED) is 0.755. The SMILES string of the molecule is CCCCCC1CCCc2cc(CO)ccc21. The molecule has 0 radical (unpaired) electrons. The van der Waals surface area contributed by atoms with Crippen molar-refractivity contribution in [2.45, 2.75) is 64.4 Å². The second kappa shape index (κ2) is 6.20. The molecule has 0 saturated carbocycles. The summed E-state index contributed by atoms with van der Waals surface area (Å²) in [4.78, 5) is 0. The zero-order chi connectivity index (χ0) is 12.1. The van der Waals surface area contributed by atoms with Crippen molar-refractivity contribution in [2.75, 3.05) is 0 Å². The van der Waals surface area contributed by atoms with Crippen LogP contribution in [0.15, 0.2) is 18.2 Å². The molecule has 0 aromatic heterocycles. The predicted octanol–water partition coefficient (Wildman–Crippen LogP) is 4.18. The van der Waals surface area contributed by atoms with E-state index in [0.29, 0.717) is 0 Å². The number of benzene rings is 1. The second-order valence-electron chi connectivity index (χ2n) is 5.28. The zero-order valence-electron chi connectivity index (χ0n) is 10.9. The van der Waals surface area contributed by atoms with Crippen molar-refractivity contribution in [3.05, 3.63) is 34.9 Å². The minimum absolute atomic E-state index is 0.174. The van der Waals surface area contributed by atoms with Crippen LogP contribution in [-0.2, 0) is 13.0 Å². The number of hydrogen-bond acceptors (Lipinski definition) is 1. The Bertz CT molecular complexity index is 357. The Labute approximate surface area is 105 Å². The second-order valence-corrected chi connectivity index (χ2v) is 5.28.